The fourth-order valence-electron chi connectivity index (χ4n) is 5.81. The number of nitrogens with zero attached hydrogens (tertiary/aromatic N) is 1. The molecule has 37 heavy (non-hydrogen) atoms. The fourth-order valence-corrected chi connectivity index (χ4v) is 5.81. The third-order valence-corrected chi connectivity index (χ3v) is 7.47. The van der Waals surface area contributed by atoms with E-state index < -0.39 is 0 Å². The Morgan fingerprint density at radius 1 is 0.838 bits per heavy atom. The molecule has 2 aliphatic rings. The van der Waals surface area contributed by atoms with E-state index in [4.69, 9.17) is 14.2 Å². The number of hydrogen-bond donors (Lipinski definition) is 1. The number of pyridine rings is 1. The van der Waals surface area contributed by atoms with Crippen LogP contribution < -0.4 is 19.5 Å². The van der Waals surface area contributed by atoms with Gasteiger partial charge in [0, 0.05) is 34.8 Å². The molecule has 6 heteroatoms. The second-order valence-corrected chi connectivity index (χ2v) is 9.43. The number of anilines is 1. The Balaban J connectivity index is 1.58. The van der Waals surface area contributed by atoms with E-state index in [-0.39, 0.29) is 17.7 Å². The smallest absolute Gasteiger partial charge is 0.203 e. The summed E-state index contributed by atoms with van der Waals surface area (Å²) in [5.41, 5.74) is 6.91. The van der Waals surface area contributed by atoms with Crippen LogP contribution in [0.5, 0.6) is 17.2 Å². The fraction of sp³-hybridized carbons (Fsp3) is 0.226. The summed E-state index contributed by atoms with van der Waals surface area (Å²) in [5.74, 6) is 1.90. The molecule has 0 unspecified atom stereocenters. The van der Waals surface area contributed by atoms with Gasteiger partial charge in [-0.25, -0.2) is 0 Å². The van der Waals surface area contributed by atoms with Gasteiger partial charge in [-0.3, -0.25) is 9.78 Å². The normalized spacial score (nSPS) is 18.6. The number of Topliss-reactive ketones (excluding diaryl/α,β-unsaturated/α-hetero) is 1. The minimum atomic E-state index is -0.352. The van der Waals surface area contributed by atoms with Crippen molar-refractivity contribution >= 4 is 27.9 Å². The Morgan fingerprint density at radius 3 is 2.30 bits per heavy atom. The van der Waals surface area contributed by atoms with E-state index >= 15 is 0 Å². The first-order valence-electron chi connectivity index (χ1n) is 12.4. The zero-order valence-electron chi connectivity index (χ0n) is 21.1. The molecule has 0 bridgehead atoms. The molecule has 0 saturated carbocycles. The summed E-state index contributed by atoms with van der Waals surface area (Å²) >= 11 is 0. The molecule has 1 aliphatic heterocycles. The van der Waals surface area contributed by atoms with Gasteiger partial charge < -0.3 is 19.5 Å². The minimum absolute atomic E-state index is 0.117. The highest BCUT2D eigenvalue weighted by Crippen LogP contribution is 2.52. The first-order chi connectivity index (χ1) is 18.1. The largest absolute Gasteiger partial charge is 0.493 e. The number of ether oxygens (including phenoxy) is 3. The number of nitrogens with one attached hydrogen (secondary N) is 1. The van der Waals surface area contributed by atoms with E-state index in [1.165, 1.54) is 5.56 Å². The average molecular weight is 493 g/mol. The molecule has 6 rings (SSSR count). The first-order valence-corrected chi connectivity index (χ1v) is 12.4. The van der Waals surface area contributed by atoms with Crippen molar-refractivity contribution in [2.24, 2.45) is 0 Å². The summed E-state index contributed by atoms with van der Waals surface area (Å²) < 4.78 is 16.8. The van der Waals surface area contributed by atoms with Gasteiger partial charge in [0.2, 0.25) is 5.75 Å². The molecule has 0 fully saturated rings. The topological polar surface area (TPSA) is 69.7 Å². The van der Waals surface area contributed by atoms with Crippen molar-refractivity contribution in [1.29, 1.82) is 0 Å². The number of carbonyl (C=O) groups excluding carboxylic acids is 1. The summed E-state index contributed by atoms with van der Waals surface area (Å²) in [6.07, 6.45) is 3.04. The number of rotatable bonds is 5. The Morgan fingerprint density at radius 2 is 1.59 bits per heavy atom. The van der Waals surface area contributed by atoms with Gasteiger partial charge in [-0.15, -0.1) is 0 Å². The average Bonchev–Trinajstić information content (AvgIpc) is 2.95. The van der Waals surface area contributed by atoms with Crippen LogP contribution in [0.2, 0.25) is 0 Å². The van der Waals surface area contributed by atoms with Gasteiger partial charge in [0.15, 0.2) is 17.3 Å². The number of allylic oxidation sites excluding steroid dienone is 1. The number of aromatic nitrogens is 1. The number of ketones is 1. The molecule has 3 aromatic carbocycles. The molecule has 0 amide bonds. The predicted octanol–water partition coefficient (Wildman–Crippen LogP) is 6.33. The summed E-state index contributed by atoms with van der Waals surface area (Å²) in [6.45, 7) is 0. The SMILES string of the molecule is COc1cc([C@@H]2Nc3ccc4ncccc4c3C3=C2C(=O)C[C@@H](c2ccccc2)C3)cc(OC)c1OC. The van der Waals surface area contributed by atoms with Crippen LogP contribution in [0, 0.1) is 0 Å². The highest BCUT2D eigenvalue weighted by Gasteiger charge is 2.39. The number of methoxy groups -OCH3 is 3. The van der Waals surface area contributed by atoms with Crippen LogP contribution in [0.4, 0.5) is 5.69 Å². The highest BCUT2D eigenvalue weighted by atomic mass is 16.5. The summed E-state index contributed by atoms with van der Waals surface area (Å²) in [5, 5.41) is 4.72. The van der Waals surface area contributed by atoms with E-state index in [1.807, 2.05) is 42.5 Å². The van der Waals surface area contributed by atoms with E-state index in [1.54, 1.807) is 27.5 Å². The van der Waals surface area contributed by atoms with Gasteiger partial charge in [-0.2, -0.15) is 0 Å². The molecule has 1 aromatic heterocycles. The van der Waals surface area contributed by atoms with Crippen molar-refractivity contribution in [1.82, 2.24) is 4.98 Å². The lowest BCUT2D eigenvalue weighted by Gasteiger charge is -2.37. The maximum Gasteiger partial charge on any atom is 0.203 e. The third kappa shape index (κ3) is 3.80. The van der Waals surface area contributed by atoms with E-state index in [0.29, 0.717) is 23.7 Å². The Bertz CT molecular complexity index is 1520. The predicted molar refractivity (Wildman–Crippen MR) is 145 cm³/mol. The maximum absolute atomic E-state index is 14.0. The Kier molecular flexibility index (Phi) is 5.80. The van der Waals surface area contributed by atoms with Crippen LogP contribution in [0.25, 0.3) is 16.5 Å². The zero-order chi connectivity index (χ0) is 25.5. The third-order valence-electron chi connectivity index (χ3n) is 7.47. The minimum Gasteiger partial charge on any atom is -0.493 e. The number of hydrogen-bond acceptors (Lipinski definition) is 6. The van der Waals surface area contributed by atoms with Crippen molar-refractivity contribution in [2.75, 3.05) is 26.6 Å². The molecule has 2 atom stereocenters. The summed E-state index contributed by atoms with van der Waals surface area (Å²) in [6, 6.07) is 22.0. The molecule has 1 N–H and O–H groups in total. The molecular weight excluding hydrogens is 464 g/mol. The van der Waals surface area contributed by atoms with Gasteiger partial charge in [-0.05, 0) is 59.4 Å². The zero-order valence-corrected chi connectivity index (χ0v) is 21.1. The molecule has 4 aromatic rings. The maximum atomic E-state index is 14.0. The Hall–Kier alpha value is -4.32. The van der Waals surface area contributed by atoms with Gasteiger partial charge in [0.05, 0.1) is 32.9 Å². The van der Waals surface area contributed by atoms with Crippen molar-refractivity contribution in [3.05, 3.63) is 95.2 Å². The quantitative estimate of drug-likeness (QED) is 0.351. The Labute approximate surface area is 215 Å². The van der Waals surface area contributed by atoms with Crippen molar-refractivity contribution in [3.8, 4) is 17.2 Å². The van der Waals surface area contributed by atoms with Crippen molar-refractivity contribution in [3.63, 3.8) is 0 Å². The van der Waals surface area contributed by atoms with Gasteiger partial charge in [0.1, 0.15) is 0 Å². The lowest BCUT2D eigenvalue weighted by molar-refractivity contribution is -0.116. The lowest BCUT2D eigenvalue weighted by Crippen LogP contribution is -2.29. The highest BCUT2D eigenvalue weighted by molar-refractivity contribution is 6.12. The van der Waals surface area contributed by atoms with Crippen LogP contribution in [0.15, 0.2) is 78.5 Å². The van der Waals surface area contributed by atoms with Gasteiger partial charge in [-0.1, -0.05) is 36.4 Å². The number of benzene rings is 3. The van der Waals surface area contributed by atoms with Crippen molar-refractivity contribution in [2.45, 2.75) is 24.8 Å². The van der Waals surface area contributed by atoms with E-state index in [9.17, 15) is 4.79 Å². The van der Waals surface area contributed by atoms with Crippen LogP contribution in [-0.2, 0) is 4.79 Å². The van der Waals surface area contributed by atoms with E-state index in [2.05, 4.69) is 34.6 Å². The van der Waals surface area contributed by atoms with Crippen LogP contribution >= 0.6 is 0 Å². The standard InChI is InChI=1S/C31H28N2O4/c1-35-26-16-20(17-27(36-2)31(26)37-3)30-29-22(14-19(15-25(29)34)18-8-5-4-6-9-18)28-21-10-7-13-32-23(21)11-12-24(28)33-30/h4-13,16-17,19,30,33H,14-15H2,1-3H3/t19-,30-/m0/s1. The number of fused-ring (bicyclic) bond motifs is 4. The lowest BCUT2D eigenvalue weighted by atomic mass is 9.71. The van der Waals surface area contributed by atoms with E-state index in [0.717, 1.165) is 45.3 Å². The molecule has 186 valence electrons. The molecule has 1 aliphatic carbocycles. The first kappa shape index (κ1) is 23.1. The van der Waals surface area contributed by atoms with Crippen LogP contribution in [-0.4, -0.2) is 32.1 Å². The van der Waals surface area contributed by atoms with Gasteiger partial charge >= 0.3 is 0 Å². The monoisotopic (exact) mass is 492 g/mol. The molecule has 0 saturated heterocycles. The summed E-state index contributed by atoms with van der Waals surface area (Å²) in [7, 11) is 4.79. The van der Waals surface area contributed by atoms with Crippen LogP contribution in [0.1, 0.15) is 41.5 Å². The summed E-state index contributed by atoms with van der Waals surface area (Å²) in [4.78, 5) is 18.6. The second-order valence-electron chi connectivity index (χ2n) is 9.43. The molecule has 6 nitrogen and oxygen atoms in total. The molecule has 2 heterocycles. The molecular formula is C31H28N2O4. The molecule has 0 spiro atoms. The van der Waals surface area contributed by atoms with Gasteiger partial charge in [0.25, 0.3) is 0 Å². The molecule has 0 radical (unpaired) electrons. The number of carbonyl (C=O) groups is 1. The second kappa shape index (κ2) is 9.28. The van der Waals surface area contributed by atoms with Crippen molar-refractivity contribution < 1.29 is 19.0 Å². The van der Waals surface area contributed by atoms with Crippen LogP contribution in [0.3, 0.4) is 0 Å².